The Morgan fingerprint density at radius 1 is 1.33 bits per heavy atom. The predicted molar refractivity (Wildman–Crippen MR) is 93.1 cm³/mol. The molecule has 0 N–H and O–H groups in total. The predicted octanol–water partition coefficient (Wildman–Crippen LogP) is 5.72. The fourth-order valence-corrected chi connectivity index (χ4v) is 4.27. The number of hydrogen-bond donors (Lipinski definition) is 0. The average molecular weight is 370 g/mol. The molecule has 0 amide bonds. The summed E-state index contributed by atoms with van der Waals surface area (Å²) < 4.78 is 3.62. The number of halogens is 2. The van der Waals surface area contributed by atoms with Gasteiger partial charge in [0.2, 0.25) is 0 Å². The molecule has 1 aromatic carbocycles. The van der Waals surface area contributed by atoms with Gasteiger partial charge >= 0.3 is 0 Å². The molecule has 0 spiro atoms. The molecule has 2 unspecified atom stereocenters. The van der Waals surface area contributed by atoms with Crippen LogP contribution >= 0.6 is 27.5 Å². The maximum Gasteiger partial charge on any atom is 0.111 e. The van der Waals surface area contributed by atoms with E-state index >= 15 is 0 Å². The minimum Gasteiger partial charge on any atom is -0.325 e. The molecule has 1 aliphatic carbocycles. The first kappa shape index (κ1) is 15.4. The van der Waals surface area contributed by atoms with Crippen molar-refractivity contribution in [3.05, 3.63) is 28.5 Å². The molecule has 1 saturated carbocycles. The molecule has 1 fully saturated rings. The average Bonchev–Trinajstić information content (AvgIpc) is 2.84. The van der Waals surface area contributed by atoms with E-state index in [1.165, 1.54) is 37.6 Å². The summed E-state index contributed by atoms with van der Waals surface area (Å²) in [4.78, 5) is 4.85. The first-order valence-electron chi connectivity index (χ1n) is 7.97. The normalized spacial score (nSPS) is 22.8. The Hall–Kier alpha value is -0.540. The molecule has 3 rings (SSSR count). The minimum absolute atomic E-state index is 0.585. The van der Waals surface area contributed by atoms with Crippen LogP contribution in [0.2, 0.25) is 0 Å². The molecule has 4 heteroatoms. The molecule has 114 valence electrons. The van der Waals surface area contributed by atoms with Crippen LogP contribution in [0, 0.1) is 5.92 Å². The highest BCUT2D eigenvalue weighted by Gasteiger charge is 2.28. The third-order valence-corrected chi connectivity index (χ3v) is 5.45. The van der Waals surface area contributed by atoms with Gasteiger partial charge < -0.3 is 4.57 Å². The Labute approximate surface area is 140 Å². The summed E-state index contributed by atoms with van der Waals surface area (Å²) in [5, 5.41) is 0. The lowest BCUT2D eigenvalue weighted by Gasteiger charge is -2.33. The van der Waals surface area contributed by atoms with Crippen molar-refractivity contribution in [2.24, 2.45) is 5.92 Å². The SMILES string of the molecule is CCC1CCCCC1n1c(CCCl)nc2ccc(Br)cc21. The molecule has 0 aliphatic heterocycles. The van der Waals surface area contributed by atoms with Crippen LogP contribution in [-0.4, -0.2) is 15.4 Å². The van der Waals surface area contributed by atoms with Crippen LogP contribution < -0.4 is 0 Å². The lowest BCUT2D eigenvalue weighted by Crippen LogP contribution is -2.24. The Morgan fingerprint density at radius 3 is 2.90 bits per heavy atom. The van der Waals surface area contributed by atoms with Crippen LogP contribution in [0.5, 0.6) is 0 Å². The summed E-state index contributed by atoms with van der Waals surface area (Å²) in [5.74, 6) is 2.56. The lowest BCUT2D eigenvalue weighted by atomic mass is 9.82. The summed E-state index contributed by atoms with van der Waals surface area (Å²) in [6, 6.07) is 6.97. The molecule has 2 nitrogen and oxygen atoms in total. The van der Waals surface area contributed by atoms with Crippen molar-refractivity contribution in [3.63, 3.8) is 0 Å². The van der Waals surface area contributed by atoms with Crippen molar-refractivity contribution < 1.29 is 0 Å². The van der Waals surface area contributed by atoms with Crippen LogP contribution in [0.25, 0.3) is 11.0 Å². The zero-order valence-electron chi connectivity index (χ0n) is 12.5. The number of alkyl halides is 1. The van der Waals surface area contributed by atoms with E-state index in [1.54, 1.807) is 0 Å². The maximum absolute atomic E-state index is 6.01. The van der Waals surface area contributed by atoms with E-state index in [0.717, 1.165) is 28.2 Å². The third-order valence-electron chi connectivity index (χ3n) is 4.77. The Bertz CT molecular complexity index is 623. The topological polar surface area (TPSA) is 17.8 Å². The molecule has 1 aromatic heterocycles. The molecule has 21 heavy (non-hydrogen) atoms. The van der Waals surface area contributed by atoms with Crippen LogP contribution in [0.4, 0.5) is 0 Å². The van der Waals surface area contributed by atoms with E-state index in [1.807, 2.05) is 0 Å². The monoisotopic (exact) mass is 368 g/mol. The highest BCUT2D eigenvalue weighted by Crippen LogP contribution is 2.39. The fourth-order valence-electron chi connectivity index (χ4n) is 3.75. The van der Waals surface area contributed by atoms with E-state index in [-0.39, 0.29) is 0 Å². The van der Waals surface area contributed by atoms with Gasteiger partial charge in [-0.05, 0) is 37.0 Å². The lowest BCUT2D eigenvalue weighted by molar-refractivity contribution is 0.233. The standard InChI is InChI=1S/C17H22BrClN2/c1-2-12-5-3-4-6-15(12)21-16-11-13(18)7-8-14(16)20-17(21)9-10-19/h7-8,11-12,15H,2-6,9-10H2,1H3. The third kappa shape index (κ3) is 3.00. The highest BCUT2D eigenvalue weighted by atomic mass is 79.9. The van der Waals surface area contributed by atoms with E-state index in [2.05, 4.69) is 45.6 Å². The van der Waals surface area contributed by atoms with Crippen LogP contribution in [0.15, 0.2) is 22.7 Å². The van der Waals surface area contributed by atoms with Gasteiger partial charge in [0.1, 0.15) is 5.82 Å². The van der Waals surface area contributed by atoms with Gasteiger partial charge in [-0.3, -0.25) is 0 Å². The number of imidazole rings is 1. The van der Waals surface area contributed by atoms with Gasteiger partial charge in [0.05, 0.1) is 11.0 Å². The van der Waals surface area contributed by atoms with Crippen molar-refractivity contribution in [2.75, 3.05) is 5.88 Å². The van der Waals surface area contributed by atoms with Gasteiger partial charge in [0.15, 0.2) is 0 Å². The van der Waals surface area contributed by atoms with Gasteiger partial charge in [-0.25, -0.2) is 4.98 Å². The first-order chi connectivity index (χ1) is 10.2. The van der Waals surface area contributed by atoms with Gasteiger partial charge in [0.25, 0.3) is 0 Å². The summed E-state index contributed by atoms with van der Waals surface area (Å²) >= 11 is 9.62. The van der Waals surface area contributed by atoms with Crippen molar-refractivity contribution in [3.8, 4) is 0 Å². The Balaban J connectivity index is 2.13. The summed E-state index contributed by atoms with van der Waals surface area (Å²) in [6.07, 6.45) is 7.41. The molecule has 1 heterocycles. The summed E-state index contributed by atoms with van der Waals surface area (Å²) in [5.41, 5.74) is 2.36. The quantitative estimate of drug-likeness (QED) is 0.630. The molecule has 0 radical (unpaired) electrons. The van der Waals surface area contributed by atoms with E-state index in [4.69, 9.17) is 16.6 Å². The number of aryl methyl sites for hydroxylation is 1. The second-order valence-electron chi connectivity index (χ2n) is 5.99. The number of hydrogen-bond acceptors (Lipinski definition) is 1. The molecule has 2 atom stereocenters. The second kappa shape index (κ2) is 6.70. The summed E-state index contributed by atoms with van der Waals surface area (Å²) in [7, 11) is 0. The smallest absolute Gasteiger partial charge is 0.111 e. The maximum atomic E-state index is 6.01. The van der Waals surface area contributed by atoms with E-state index in [0.29, 0.717) is 11.9 Å². The second-order valence-corrected chi connectivity index (χ2v) is 7.28. The van der Waals surface area contributed by atoms with Crippen LogP contribution in [0.1, 0.15) is 50.9 Å². The van der Waals surface area contributed by atoms with Crippen LogP contribution in [0.3, 0.4) is 0 Å². The zero-order chi connectivity index (χ0) is 14.8. The molecular weight excluding hydrogens is 348 g/mol. The van der Waals surface area contributed by atoms with Gasteiger partial charge in [0, 0.05) is 22.8 Å². The van der Waals surface area contributed by atoms with Crippen molar-refractivity contribution in [2.45, 2.75) is 51.5 Å². The van der Waals surface area contributed by atoms with Gasteiger partial charge in [-0.2, -0.15) is 0 Å². The van der Waals surface area contributed by atoms with Crippen LogP contribution in [-0.2, 0) is 6.42 Å². The number of rotatable bonds is 4. The Morgan fingerprint density at radius 2 is 2.14 bits per heavy atom. The summed E-state index contributed by atoms with van der Waals surface area (Å²) in [6.45, 7) is 2.32. The van der Waals surface area contributed by atoms with Crippen molar-refractivity contribution in [1.82, 2.24) is 9.55 Å². The fraction of sp³-hybridized carbons (Fsp3) is 0.588. The number of nitrogens with zero attached hydrogens (tertiary/aromatic N) is 2. The highest BCUT2D eigenvalue weighted by molar-refractivity contribution is 9.10. The number of fused-ring (bicyclic) bond motifs is 1. The van der Waals surface area contributed by atoms with Gasteiger partial charge in [-0.15, -0.1) is 11.6 Å². The first-order valence-corrected chi connectivity index (χ1v) is 9.29. The largest absolute Gasteiger partial charge is 0.325 e. The molecule has 1 aliphatic rings. The number of benzene rings is 1. The van der Waals surface area contributed by atoms with E-state index in [9.17, 15) is 0 Å². The van der Waals surface area contributed by atoms with Gasteiger partial charge in [-0.1, -0.05) is 42.1 Å². The Kier molecular flexibility index (Phi) is 4.90. The molecule has 0 bridgehead atoms. The number of aromatic nitrogens is 2. The van der Waals surface area contributed by atoms with Crippen molar-refractivity contribution >= 4 is 38.6 Å². The molecular formula is C17H22BrClN2. The molecule has 0 saturated heterocycles. The molecule has 2 aromatic rings. The van der Waals surface area contributed by atoms with Crippen molar-refractivity contribution in [1.29, 1.82) is 0 Å². The van der Waals surface area contributed by atoms with E-state index < -0.39 is 0 Å². The zero-order valence-corrected chi connectivity index (χ0v) is 14.8. The minimum atomic E-state index is 0.585.